The van der Waals surface area contributed by atoms with Crippen molar-refractivity contribution in [3.05, 3.63) is 29.6 Å². The van der Waals surface area contributed by atoms with Crippen molar-refractivity contribution in [3.63, 3.8) is 0 Å². The van der Waals surface area contributed by atoms with Gasteiger partial charge in [0.2, 0.25) is 0 Å². The van der Waals surface area contributed by atoms with Gasteiger partial charge < -0.3 is 19.9 Å². The number of nitrogens with one attached hydrogen (secondary N) is 1. The summed E-state index contributed by atoms with van der Waals surface area (Å²) in [5, 5.41) is 13.1. The molecular formula is C16H24FNO3. The van der Waals surface area contributed by atoms with E-state index in [4.69, 9.17) is 9.47 Å². The van der Waals surface area contributed by atoms with Gasteiger partial charge in [0.1, 0.15) is 0 Å². The second-order valence-electron chi connectivity index (χ2n) is 5.77. The topological polar surface area (TPSA) is 50.7 Å². The Morgan fingerprint density at radius 2 is 2.14 bits per heavy atom. The molecular weight excluding hydrogens is 273 g/mol. The predicted octanol–water partition coefficient (Wildman–Crippen LogP) is 2.27. The Morgan fingerprint density at radius 3 is 2.71 bits per heavy atom. The van der Waals surface area contributed by atoms with Gasteiger partial charge >= 0.3 is 0 Å². The van der Waals surface area contributed by atoms with Gasteiger partial charge in [-0.15, -0.1) is 0 Å². The van der Waals surface area contributed by atoms with Crippen LogP contribution in [0.25, 0.3) is 0 Å². The number of methoxy groups -OCH3 is 1. The normalized spacial score (nSPS) is 19.2. The van der Waals surface area contributed by atoms with Crippen LogP contribution >= 0.6 is 0 Å². The lowest BCUT2D eigenvalue weighted by molar-refractivity contribution is -0.0163. The van der Waals surface area contributed by atoms with Crippen LogP contribution in [0.5, 0.6) is 5.75 Å². The first-order valence-electron chi connectivity index (χ1n) is 7.36. The Balaban J connectivity index is 1.97. The summed E-state index contributed by atoms with van der Waals surface area (Å²) >= 11 is 0. The summed E-state index contributed by atoms with van der Waals surface area (Å²) in [4.78, 5) is 0. The fraction of sp³-hybridized carbons (Fsp3) is 0.625. The number of aliphatic hydroxyl groups is 1. The van der Waals surface area contributed by atoms with Gasteiger partial charge in [-0.2, -0.15) is 0 Å². The Kier molecular flexibility index (Phi) is 5.56. The zero-order valence-electron chi connectivity index (χ0n) is 12.7. The van der Waals surface area contributed by atoms with E-state index in [1.807, 2.05) is 13.0 Å². The van der Waals surface area contributed by atoms with E-state index in [1.165, 1.54) is 13.2 Å². The highest BCUT2D eigenvalue weighted by atomic mass is 19.1. The molecule has 0 bridgehead atoms. The van der Waals surface area contributed by atoms with Gasteiger partial charge in [0.05, 0.1) is 13.7 Å². The minimum atomic E-state index is -0.355. The first-order chi connectivity index (χ1) is 10.1. The molecule has 0 spiro atoms. The molecule has 1 fully saturated rings. The van der Waals surface area contributed by atoms with Crippen LogP contribution in [0, 0.1) is 11.2 Å². The van der Waals surface area contributed by atoms with Crippen molar-refractivity contribution in [2.45, 2.75) is 25.8 Å². The Bertz CT molecular complexity index is 461. The van der Waals surface area contributed by atoms with Crippen LogP contribution in [0.4, 0.5) is 4.39 Å². The molecule has 1 atom stereocenters. The molecule has 1 heterocycles. The van der Waals surface area contributed by atoms with Crippen LogP contribution in [0.2, 0.25) is 0 Å². The van der Waals surface area contributed by atoms with E-state index in [-0.39, 0.29) is 29.6 Å². The van der Waals surface area contributed by atoms with Gasteiger partial charge in [0, 0.05) is 31.2 Å². The smallest absolute Gasteiger partial charge is 0.165 e. The van der Waals surface area contributed by atoms with E-state index in [2.05, 4.69) is 5.32 Å². The highest BCUT2D eigenvalue weighted by Crippen LogP contribution is 2.30. The fourth-order valence-corrected chi connectivity index (χ4v) is 2.63. The lowest BCUT2D eigenvalue weighted by atomic mass is 9.80. The van der Waals surface area contributed by atoms with Crippen LogP contribution in [0.3, 0.4) is 0 Å². The highest BCUT2D eigenvalue weighted by molar-refractivity contribution is 5.30. The Morgan fingerprint density at radius 1 is 1.43 bits per heavy atom. The molecule has 1 aliphatic heterocycles. The fourth-order valence-electron chi connectivity index (χ4n) is 2.63. The lowest BCUT2D eigenvalue weighted by Crippen LogP contribution is -2.42. The van der Waals surface area contributed by atoms with Crippen molar-refractivity contribution in [1.29, 1.82) is 0 Å². The molecule has 0 aliphatic carbocycles. The molecule has 0 radical (unpaired) electrons. The molecule has 0 saturated carbocycles. The third-order valence-corrected chi connectivity index (χ3v) is 4.35. The predicted molar refractivity (Wildman–Crippen MR) is 78.9 cm³/mol. The van der Waals surface area contributed by atoms with E-state index in [9.17, 15) is 9.50 Å². The quantitative estimate of drug-likeness (QED) is 0.846. The Hall–Kier alpha value is -1.17. The summed E-state index contributed by atoms with van der Waals surface area (Å²) in [5.41, 5.74) is 0.741. The number of aliphatic hydroxyl groups excluding tert-OH is 1. The van der Waals surface area contributed by atoms with E-state index in [1.54, 1.807) is 6.07 Å². The first kappa shape index (κ1) is 16.2. The molecule has 1 saturated heterocycles. The number of ether oxygens (including phenoxy) is 2. The standard InChI is InChI=1S/C16H24FNO3/c1-12(13-3-4-15(20-2)14(17)9-13)18-10-16(11-19)5-7-21-8-6-16/h3-4,9,12,18-19H,5-8,10-11H2,1-2H3. The summed E-state index contributed by atoms with van der Waals surface area (Å²) in [5.74, 6) is -0.103. The van der Waals surface area contributed by atoms with Crippen LogP contribution in [0.15, 0.2) is 18.2 Å². The first-order valence-corrected chi connectivity index (χ1v) is 7.36. The lowest BCUT2D eigenvalue weighted by Gasteiger charge is -2.36. The van der Waals surface area contributed by atoms with Crippen molar-refractivity contribution >= 4 is 0 Å². The number of benzene rings is 1. The molecule has 1 aromatic carbocycles. The monoisotopic (exact) mass is 297 g/mol. The number of halogens is 1. The maximum atomic E-state index is 13.7. The highest BCUT2D eigenvalue weighted by Gasteiger charge is 2.32. The summed E-state index contributed by atoms with van der Waals surface area (Å²) in [6, 6.07) is 5.00. The van der Waals surface area contributed by atoms with Gasteiger partial charge in [0.25, 0.3) is 0 Å². The van der Waals surface area contributed by atoms with Gasteiger partial charge in [-0.25, -0.2) is 4.39 Å². The average Bonchev–Trinajstić information content (AvgIpc) is 2.53. The van der Waals surface area contributed by atoms with Crippen molar-refractivity contribution < 1.29 is 19.0 Å². The van der Waals surface area contributed by atoms with Crippen LogP contribution in [0.1, 0.15) is 31.4 Å². The number of hydrogen-bond acceptors (Lipinski definition) is 4. The third kappa shape index (κ3) is 3.93. The van der Waals surface area contributed by atoms with E-state index >= 15 is 0 Å². The average molecular weight is 297 g/mol. The van der Waals surface area contributed by atoms with Gasteiger partial charge in [-0.05, 0) is 37.5 Å². The van der Waals surface area contributed by atoms with Crippen LogP contribution < -0.4 is 10.1 Å². The maximum Gasteiger partial charge on any atom is 0.165 e. The molecule has 1 aromatic rings. The molecule has 1 aliphatic rings. The molecule has 2 rings (SSSR count). The molecule has 0 amide bonds. The molecule has 0 aromatic heterocycles. The minimum absolute atomic E-state index is 0.0108. The SMILES string of the molecule is COc1ccc(C(C)NCC2(CO)CCOCC2)cc1F. The van der Waals surface area contributed by atoms with E-state index in [0.29, 0.717) is 19.8 Å². The summed E-state index contributed by atoms with van der Waals surface area (Å²) in [6.45, 7) is 4.21. The van der Waals surface area contributed by atoms with Gasteiger partial charge in [-0.3, -0.25) is 0 Å². The van der Waals surface area contributed by atoms with Crippen LogP contribution in [-0.4, -0.2) is 38.6 Å². The number of rotatable bonds is 6. The molecule has 4 nitrogen and oxygen atoms in total. The largest absolute Gasteiger partial charge is 0.494 e. The van der Waals surface area contributed by atoms with E-state index < -0.39 is 0 Å². The number of hydrogen-bond donors (Lipinski definition) is 2. The molecule has 1 unspecified atom stereocenters. The summed E-state index contributed by atoms with van der Waals surface area (Å²) in [6.07, 6.45) is 1.69. The second-order valence-corrected chi connectivity index (χ2v) is 5.77. The summed E-state index contributed by atoms with van der Waals surface area (Å²) in [7, 11) is 1.45. The molecule has 5 heteroatoms. The van der Waals surface area contributed by atoms with E-state index in [0.717, 1.165) is 18.4 Å². The summed E-state index contributed by atoms with van der Waals surface area (Å²) < 4.78 is 24.0. The van der Waals surface area contributed by atoms with Crippen molar-refractivity contribution in [2.75, 3.05) is 33.5 Å². The van der Waals surface area contributed by atoms with Crippen LogP contribution in [-0.2, 0) is 4.74 Å². The maximum absolute atomic E-state index is 13.7. The molecule has 118 valence electrons. The van der Waals surface area contributed by atoms with Gasteiger partial charge in [-0.1, -0.05) is 6.07 Å². The zero-order chi connectivity index (χ0) is 15.3. The molecule has 2 N–H and O–H groups in total. The van der Waals surface area contributed by atoms with Crippen molar-refractivity contribution in [1.82, 2.24) is 5.32 Å². The molecule has 21 heavy (non-hydrogen) atoms. The zero-order valence-corrected chi connectivity index (χ0v) is 12.7. The van der Waals surface area contributed by atoms with Crippen molar-refractivity contribution in [2.24, 2.45) is 5.41 Å². The Labute approximate surface area is 125 Å². The van der Waals surface area contributed by atoms with Gasteiger partial charge in [0.15, 0.2) is 11.6 Å². The van der Waals surface area contributed by atoms with Crippen molar-refractivity contribution in [3.8, 4) is 5.75 Å². The third-order valence-electron chi connectivity index (χ3n) is 4.35. The second kappa shape index (κ2) is 7.20. The minimum Gasteiger partial charge on any atom is -0.494 e.